The summed E-state index contributed by atoms with van der Waals surface area (Å²) >= 11 is 0. The predicted octanol–water partition coefficient (Wildman–Crippen LogP) is 6.67. The van der Waals surface area contributed by atoms with Gasteiger partial charge in [0.25, 0.3) is 0 Å². The zero-order chi connectivity index (χ0) is 21.7. The summed E-state index contributed by atoms with van der Waals surface area (Å²) in [5.41, 5.74) is 12.5. The van der Waals surface area contributed by atoms with E-state index in [1.54, 1.807) is 0 Å². The molecule has 0 heterocycles. The van der Waals surface area contributed by atoms with Crippen molar-refractivity contribution in [2.45, 2.75) is 66.2 Å². The van der Waals surface area contributed by atoms with Crippen LogP contribution in [0.1, 0.15) is 96.9 Å². The highest BCUT2D eigenvalue weighted by molar-refractivity contribution is 5.86. The molecule has 0 saturated heterocycles. The average Bonchev–Trinajstić information content (AvgIpc) is 2.69. The van der Waals surface area contributed by atoms with Crippen molar-refractivity contribution in [3.05, 3.63) is 103 Å². The fourth-order valence-corrected chi connectivity index (χ4v) is 5.26. The maximum absolute atomic E-state index is 4.40. The first kappa shape index (κ1) is 20.7. The van der Waals surface area contributed by atoms with Crippen molar-refractivity contribution in [1.29, 1.82) is 0 Å². The van der Waals surface area contributed by atoms with E-state index in [9.17, 15) is 0 Å². The second-order valence-corrected chi connectivity index (χ2v) is 9.66. The average molecular weight is 395 g/mol. The standard InChI is InChI=1S/C30H34/c1-17(2)25-15-27(20(6)13-19(25)5)30-24-12-10-9-11-23(24)22(8)28-14-21(7)26(18(3)4)16-29(28)30/h9-18,22H,7H2,1-6,8H3. The molecule has 0 aromatic heterocycles. The molecule has 0 saturated carbocycles. The van der Waals surface area contributed by atoms with Gasteiger partial charge in [-0.05, 0) is 92.3 Å². The summed E-state index contributed by atoms with van der Waals surface area (Å²) in [6, 6.07) is 18.6. The van der Waals surface area contributed by atoms with Crippen molar-refractivity contribution in [2.75, 3.05) is 0 Å². The molecule has 30 heavy (non-hydrogen) atoms. The van der Waals surface area contributed by atoms with Gasteiger partial charge in [0.1, 0.15) is 0 Å². The smallest absolute Gasteiger partial charge is 0.00735 e. The van der Waals surface area contributed by atoms with Crippen LogP contribution in [-0.2, 0) is 0 Å². The lowest BCUT2D eigenvalue weighted by molar-refractivity contribution is 0.840. The summed E-state index contributed by atoms with van der Waals surface area (Å²) in [5, 5.41) is 2.55. The van der Waals surface area contributed by atoms with Crippen molar-refractivity contribution in [2.24, 2.45) is 0 Å². The third kappa shape index (κ3) is 3.23. The molecule has 0 bridgehead atoms. The maximum Gasteiger partial charge on any atom is 0.00735 e. The van der Waals surface area contributed by atoms with Gasteiger partial charge >= 0.3 is 0 Å². The highest BCUT2D eigenvalue weighted by atomic mass is 14.3. The minimum Gasteiger partial charge on any atom is -0.0915 e. The molecule has 0 aliphatic heterocycles. The Morgan fingerprint density at radius 3 is 2.07 bits per heavy atom. The number of hydrogen-bond donors (Lipinski definition) is 0. The molecular weight excluding hydrogens is 360 g/mol. The van der Waals surface area contributed by atoms with E-state index in [1.807, 2.05) is 0 Å². The third-order valence-corrected chi connectivity index (χ3v) is 6.87. The molecule has 0 N–H and O–H groups in total. The highest BCUT2D eigenvalue weighted by Crippen LogP contribution is 2.38. The minimum absolute atomic E-state index is 0.372. The van der Waals surface area contributed by atoms with Crippen LogP contribution in [0.25, 0.3) is 12.2 Å². The van der Waals surface area contributed by atoms with Crippen molar-refractivity contribution >= 4 is 12.2 Å². The molecule has 0 amide bonds. The Kier molecular flexibility index (Phi) is 5.22. The van der Waals surface area contributed by atoms with Gasteiger partial charge in [0, 0.05) is 5.92 Å². The molecule has 0 nitrogen and oxygen atoms in total. The van der Waals surface area contributed by atoms with Crippen LogP contribution in [0.3, 0.4) is 0 Å². The van der Waals surface area contributed by atoms with Crippen LogP contribution >= 0.6 is 0 Å². The molecule has 154 valence electrons. The number of aryl methyl sites for hydroxylation is 2. The van der Waals surface area contributed by atoms with E-state index in [0.29, 0.717) is 17.8 Å². The Balaban J connectivity index is 2.20. The topological polar surface area (TPSA) is 0 Å². The molecule has 1 aliphatic rings. The number of rotatable bonds is 3. The summed E-state index contributed by atoms with van der Waals surface area (Å²) in [5.74, 6) is 1.34. The van der Waals surface area contributed by atoms with Crippen LogP contribution in [0.4, 0.5) is 0 Å². The summed E-state index contributed by atoms with van der Waals surface area (Å²) in [6.07, 6.45) is 0. The van der Waals surface area contributed by atoms with Gasteiger partial charge in [0.15, 0.2) is 0 Å². The summed E-state index contributed by atoms with van der Waals surface area (Å²) in [7, 11) is 0. The van der Waals surface area contributed by atoms with E-state index in [-0.39, 0.29) is 0 Å². The molecule has 0 heteroatoms. The monoisotopic (exact) mass is 394 g/mol. The Morgan fingerprint density at radius 1 is 0.733 bits per heavy atom. The summed E-state index contributed by atoms with van der Waals surface area (Å²) < 4.78 is 0. The molecule has 0 spiro atoms. The van der Waals surface area contributed by atoms with Crippen molar-refractivity contribution in [3.8, 4) is 0 Å². The van der Waals surface area contributed by atoms with Gasteiger partial charge in [-0.15, -0.1) is 0 Å². The third-order valence-electron chi connectivity index (χ3n) is 6.87. The molecular formula is C30H34. The maximum atomic E-state index is 4.40. The van der Waals surface area contributed by atoms with E-state index in [0.717, 1.165) is 5.22 Å². The summed E-state index contributed by atoms with van der Waals surface area (Å²) in [6.45, 7) is 20.4. The largest absolute Gasteiger partial charge is 0.0915 e. The number of benzene rings is 3. The minimum atomic E-state index is 0.372. The molecule has 4 rings (SSSR count). The van der Waals surface area contributed by atoms with Gasteiger partial charge < -0.3 is 0 Å². The normalized spacial score (nSPS) is 15.5. The van der Waals surface area contributed by atoms with Crippen molar-refractivity contribution in [3.63, 3.8) is 0 Å². The quantitative estimate of drug-likeness (QED) is 0.465. The molecule has 3 aromatic rings. The van der Waals surface area contributed by atoms with E-state index < -0.39 is 0 Å². The van der Waals surface area contributed by atoms with Gasteiger partial charge in [0.2, 0.25) is 0 Å². The van der Waals surface area contributed by atoms with Gasteiger partial charge in [-0.25, -0.2) is 0 Å². The Hall–Kier alpha value is -2.60. The highest BCUT2D eigenvalue weighted by Gasteiger charge is 2.25. The zero-order valence-corrected chi connectivity index (χ0v) is 19.6. The molecule has 3 aromatic carbocycles. The number of fused-ring (bicyclic) bond motifs is 2. The van der Waals surface area contributed by atoms with Crippen molar-refractivity contribution in [1.82, 2.24) is 0 Å². The fourth-order valence-electron chi connectivity index (χ4n) is 5.26. The predicted molar refractivity (Wildman–Crippen MR) is 131 cm³/mol. The second kappa shape index (κ2) is 7.58. The number of hydrogen-bond acceptors (Lipinski definition) is 0. The van der Waals surface area contributed by atoms with Gasteiger partial charge in [-0.2, -0.15) is 0 Å². The molecule has 1 atom stereocenters. The molecule has 0 radical (unpaired) electrons. The first-order valence-corrected chi connectivity index (χ1v) is 11.3. The van der Waals surface area contributed by atoms with Gasteiger partial charge in [0.05, 0.1) is 0 Å². The Labute approximate surface area is 182 Å². The summed E-state index contributed by atoms with van der Waals surface area (Å²) in [4.78, 5) is 0. The van der Waals surface area contributed by atoms with E-state index in [1.165, 1.54) is 55.3 Å². The SMILES string of the molecule is C=c1cc2c(cc1C(C)C)=C(c1cc(C(C)C)c(C)cc1C)c1ccccc1C2C. The fraction of sp³-hybridized carbons (Fsp3) is 0.333. The lowest BCUT2D eigenvalue weighted by atomic mass is 9.75. The van der Waals surface area contributed by atoms with Gasteiger partial charge in [-0.3, -0.25) is 0 Å². The second-order valence-electron chi connectivity index (χ2n) is 9.66. The first-order valence-electron chi connectivity index (χ1n) is 11.3. The van der Waals surface area contributed by atoms with E-state index in [2.05, 4.69) is 104 Å². The molecule has 1 unspecified atom stereocenters. The zero-order valence-electron chi connectivity index (χ0n) is 19.6. The van der Waals surface area contributed by atoms with Crippen LogP contribution in [0, 0.1) is 13.8 Å². The molecule has 0 fully saturated rings. The lowest BCUT2D eigenvalue weighted by Gasteiger charge is -2.28. The van der Waals surface area contributed by atoms with Gasteiger partial charge in [-0.1, -0.05) is 83.7 Å². The van der Waals surface area contributed by atoms with E-state index in [4.69, 9.17) is 0 Å². The molecule has 1 aliphatic carbocycles. The Bertz CT molecular complexity index is 1240. The lowest BCUT2D eigenvalue weighted by Crippen LogP contribution is -2.28. The first-order chi connectivity index (χ1) is 14.2. The van der Waals surface area contributed by atoms with E-state index >= 15 is 0 Å². The van der Waals surface area contributed by atoms with Crippen LogP contribution in [-0.4, -0.2) is 0 Å². The van der Waals surface area contributed by atoms with Crippen molar-refractivity contribution < 1.29 is 0 Å². The van der Waals surface area contributed by atoms with Crippen LogP contribution in [0.5, 0.6) is 0 Å². The van der Waals surface area contributed by atoms with Crippen LogP contribution < -0.4 is 10.4 Å². The Morgan fingerprint density at radius 2 is 1.40 bits per heavy atom. The van der Waals surface area contributed by atoms with Crippen LogP contribution in [0.15, 0.2) is 48.5 Å². The van der Waals surface area contributed by atoms with Crippen LogP contribution in [0.2, 0.25) is 0 Å².